The maximum Gasteiger partial charge on any atom is 0.312 e. The van der Waals surface area contributed by atoms with Crippen LogP contribution >= 0.6 is 0 Å². The predicted octanol–water partition coefficient (Wildman–Crippen LogP) is 2.30. The molecule has 0 spiro atoms. The summed E-state index contributed by atoms with van der Waals surface area (Å²) in [6.45, 7) is 4.52. The fourth-order valence-electron chi connectivity index (χ4n) is 1.74. The molecule has 0 aliphatic rings. The zero-order chi connectivity index (χ0) is 14.5. The van der Waals surface area contributed by atoms with Crippen LogP contribution in [-0.2, 0) is 16.0 Å². The summed E-state index contributed by atoms with van der Waals surface area (Å²) in [6.07, 6.45) is 0.492. The molecular formula is C14H19F2NO2. The number of nitrogens with one attached hydrogen (secondary N) is 1. The van der Waals surface area contributed by atoms with E-state index in [0.29, 0.717) is 25.1 Å². The Balaban J connectivity index is 2.41. The van der Waals surface area contributed by atoms with E-state index in [2.05, 4.69) is 10.1 Å². The summed E-state index contributed by atoms with van der Waals surface area (Å²) in [5.41, 5.74) is -0.0389. The maximum atomic E-state index is 13.0. The molecule has 0 saturated carbocycles. The van der Waals surface area contributed by atoms with Crippen LogP contribution < -0.4 is 5.32 Å². The molecule has 0 amide bonds. The van der Waals surface area contributed by atoms with E-state index in [9.17, 15) is 13.6 Å². The van der Waals surface area contributed by atoms with Crippen LogP contribution in [0.15, 0.2) is 18.2 Å². The lowest BCUT2D eigenvalue weighted by atomic mass is 9.94. The summed E-state index contributed by atoms with van der Waals surface area (Å²) in [7, 11) is 1.35. The Morgan fingerprint density at radius 2 is 1.84 bits per heavy atom. The van der Waals surface area contributed by atoms with Gasteiger partial charge >= 0.3 is 5.97 Å². The number of esters is 1. The lowest BCUT2D eigenvalue weighted by Crippen LogP contribution is -2.37. The van der Waals surface area contributed by atoms with Gasteiger partial charge in [0.2, 0.25) is 0 Å². The summed E-state index contributed by atoms with van der Waals surface area (Å²) < 4.78 is 30.6. The molecule has 19 heavy (non-hydrogen) atoms. The van der Waals surface area contributed by atoms with E-state index in [1.807, 2.05) is 0 Å². The standard InChI is InChI=1S/C14H19F2NO2/c1-14(2,13(18)19-3)9-17-5-4-10-6-11(15)8-12(16)7-10/h6-8,17H,4-5,9H2,1-3H3. The Bertz CT molecular complexity index is 427. The highest BCUT2D eigenvalue weighted by Crippen LogP contribution is 2.15. The van der Waals surface area contributed by atoms with Crippen LogP contribution in [0.5, 0.6) is 0 Å². The van der Waals surface area contributed by atoms with E-state index < -0.39 is 17.0 Å². The fourth-order valence-corrected chi connectivity index (χ4v) is 1.74. The predicted molar refractivity (Wildman–Crippen MR) is 68.7 cm³/mol. The zero-order valence-corrected chi connectivity index (χ0v) is 11.4. The monoisotopic (exact) mass is 271 g/mol. The lowest BCUT2D eigenvalue weighted by molar-refractivity contribution is -0.150. The molecular weight excluding hydrogens is 252 g/mol. The molecule has 1 N–H and O–H groups in total. The third-order valence-electron chi connectivity index (χ3n) is 2.82. The van der Waals surface area contributed by atoms with Crippen LogP contribution in [-0.4, -0.2) is 26.2 Å². The number of benzene rings is 1. The molecule has 0 saturated heterocycles. The number of ether oxygens (including phenoxy) is 1. The summed E-state index contributed by atoms with van der Waals surface area (Å²) >= 11 is 0. The van der Waals surface area contributed by atoms with Crippen molar-refractivity contribution in [3.63, 3.8) is 0 Å². The van der Waals surface area contributed by atoms with Crippen LogP contribution in [0, 0.1) is 17.0 Å². The third kappa shape index (κ3) is 4.95. The molecule has 1 aromatic carbocycles. The van der Waals surface area contributed by atoms with Crippen LogP contribution in [0.3, 0.4) is 0 Å². The molecule has 0 bridgehead atoms. The first-order chi connectivity index (χ1) is 8.85. The zero-order valence-electron chi connectivity index (χ0n) is 11.4. The van der Waals surface area contributed by atoms with Gasteiger partial charge in [0.1, 0.15) is 11.6 Å². The van der Waals surface area contributed by atoms with Crippen molar-refractivity contribution in [1.29, 1.82) is 0 Å². The Hall–Kier alpha value is -1.49. The van der Waals surface area contributed by atoms with Crippen LogP contribution in [0.2, 0.25) is 0 Å². The van der Waals surface area contributed by atoms with Gasteiger partial charge in [-0.05, 0) is 44.5 Å². The summed E-state index contributed by atoms with van der Waals surface area (Å²) in [6, 6.07) is 3.45. The maximum absolute atomic E-state index is 13.0. The molecule has 0 aliphatic heterocycles. The first kappa shape index (κ1) is 15.6. The van der Waals surface area contributed by atoms with Crippen molar-refractivity contribution in [2.24, 2.45) is 5.41 Å². The normalized spacial score (nSPS) is 11.4. The molecule has 3 nitrogen and oxygen atoms in total. The highest BCUT2D eigenvalue weighted by atomic mass is 19.1. The van der Waals surface area contributed by atoms with Crippen molar-refractivity contribution in [2.45, 2.75) is 20.3 Å². The molecule has 1 aromatic rings. The number of methoxy groups -OCH3 is 1. The average molecular weight is 271 g/mol. The van der Waals surface area contributed by atoms with Gasteiger partial charge in [0.05, 0.1) is 12.5 Å². The quantitative estimate of drug-likeness (QED) is 0.637. The molecule has 0 radical (unpaired) electrons. The van der Waals surface area contributed by atoms with E-state index in [0.717, 1.165) is 6.07 Å². The number of carbonyl (C=O) groups excluding carboxylic acids is 1. The van der Waals surface area contributed by atoms with Gasteiger partial charge in [0.15, 0.2) is 0 Å². The highest BCUT2D eigenvalue weighted by molar-refractivity contribution is 5.76. The average Bonchev–Trinajstić information content (AvgIpc) is 2.32. The Labute approximate surface area is 112 Å². The van der Waals surface area contributed by atoms with E-state index >= 15 is 0 Å². The van der Waals surface area contributed by atoms with Gasteiger partial charge < -0.3 is 10.1 Å². The Morgan fingerprint density at radius 1 is 1.26 bits per heavy atom. The van der Waals surface area contributed by atoms with Crippen LogP contribution in [0.25, 0.3) is 0 Å². The van der Waals surface area contributed by atoms with Crippen molar-refractivity contribution >= 4 is 5.97 Å². The van der Waals surface area contributed by atoms with Crippen molar-refractivity contribution in [3.8, 4) is 0 Å². The van der Waals surface area contributed by atoms with Gasteiger partial charge in [-0.25, -0.2) is 8.78 Å². The smallest absolute Gasteiger partial charge is 0.312 e. The SMILES string of the molecule is COC(=O)C(C)(C)CNCCc1cc(F)cc(F)c1. The van der Waals surface area contributed by atoms with Crippen molar-refractivity contribution in [3.05, 3.63) is 35.4 Å². The van der Waals surface area contributed by atoms with E-state index in [4.69, 9.17) is 0 Å². The van der Waals surface area contributed by atoms with Gasteiger partial charge in [0, 0.05) is 12.6 Å². The second kappa shape index (κ2) is 6.61. The number of rotatable bonds is 6. The Morgan fingerprint density at radius 3 is 2.37 bits per heavy atom. The summed E-state index contributed by atoms with van der Waals surface area (Å²) in [4.78, 5) is 11.4. The van der Waals surface area contributed by atoms with Crippen LogP contribution in [0.1, 0.15) is 19.4 Å². The largest absolute Gasteiger partial charge is 0.469 e. The number of carbonyl (C=O) groups is 1. The first-order valence-electron chi connectivity index (χ1n) is 6.09. The minimum absolute atomic E-state index is 0.295. The van der Waals surface area contributed by atoms with E-state index in [1.165, 1.54) is 19.2 Å². The molecule has 106 valence electrons. The van der Waals surface area contributed by atoms with Crippen molar-refractivity contribution in [1.82, 2.24) is 5.32 Å². The van der Waals surface area contributed by atoms with Gasteiger partial charge in [-0.3, -0.25) is 4.79 Å². The minimum Gasteiger partial charge on any atom is -0.469 e. The van der Waals surface area contributed by atoms with Crippen LogP contribution in [0.4, 0.5) is 8.78 Å². The summed E-state index contributed by atoms with van der Waals surface area (Å²) in [5.74, 6) is -1.45. The molecule has 0 unspecified atom stereocenters. The van der Waals surface area contributed by atoms with Gasteiger partial charge in [-0.15, -0.1) is 0 Å². The lowest BCUT2D eigenvalue weighted by Gasteiger charge is -2.21. The molecule has 5 heteroatoms. The summed E-state index contributed by atoms with van der Waals surface area (Å²) in [5, 5.41) is 3.08. The number of hydrogen-bond acceptors (Lipinski definition) is 3. The van der Waals surface area contributed by atoms with Gasteiger partial charge in [0.25, 0.3) is 0 Å². The van der Waals surface area contributed by atoms with Crippen molar-refractivity contribution < 1.29 is 18.3 Å². The molecule has 0 aromatic heterocycles. The second-order valence-corrected chi connectivity index (χ2v) is 5.08. The molecule has 1 rings (SSSR count). The topological polar surface area (TPSA) is 38.3 Å². The molecule has 0 atom stereocenters. The number of hydrogen-bond donors (Lipinski definition) is 1. The first-order valence-corrected chi connectivity index (χ1v) is 6.09. The van der Waals surface area contributed by atoms with E-state index in [1.54, 1.807) is 13.8 Å². The van der Waals surface area contributed by atoms with Gasteiger partial charge in [-0.1, -0.05) is 0 Å². The molecule has 0 fully saturated rings. The number of halogens is 2. The molecule has 0 aliphatic carbocycles. The molecule has 0 heterocycles. The highest BCUT2D eigenvalue weighted by Gasteiger charge is 2.27. The van der Waals surface area contributed by atoms with Crippen molar-refractivity contribution in [2.75, 3.05) is 20.2 Å². The van der Waals surface area contributed by atoms with Gasteiger partial charge in [-0.2, -0.15) is 0 Å². The second-order valence-electron chi connectivity index (χ2n) is 5.08. The fraction of sp³-hybridized carbons (Fsp3) is 0.500. The Kier molecular flexibility index (Phi) is 5.42. The third-order valence-corrected chi connectivity index (χ3v) is 2.82. The minimum atomic E-state index is -0.623. The van der Waals surface area contributed by atoms with E-state index in [-0.39, 0.29) is 5.97 Å².